The minimum absolute atomic E-state index is 0.0845. The maximum absolute atomic E-state index is 12.5. The minimum Gasteiger partial charge on any atom is -0.495 e. The highest BCUT2D eigenvalue weighted by Gasteiger charge is 2.23. The Kier molecular flexibility index (Phi) is 6.23. The number of rotatable bonds is 5. The number of likely N-dealkylation sites (tertiary alicyclic amines) is 1. The van der Waals surface area contributed by atoms with Gasteiger partial charge in [0.15, 0.2) is 0 Å². The van der Waals surface area contributed by atoms with Crippen LogP contribution < -0.4 is 9.64 Å². The molecule has 132 valence electrons. The SMILES string of the molecule is COc1ccc(C)cc1N(CCC(=O)N1CCCC(C)C1)C(C)=O. The van der Waals surface area contributed by atoms with Gasteiger partial charge in [-0.2, -0.15) is 0 Å². The molecule has 0 saturated carbocycles. The van der Waals surface area contributed by atoms with Gasteiger partial charge in [-0.15, -0.1) is 0 Å². The van der Waals surface area contributed by atoms with Crippen molar-refractivity contribution in [1.82, 2.24) is 4.90 Å². The van der Waals surface area contributed by atoms with Crippen molar-refractivity contribution in [1.29, 1.82) is 0 Å². The second-order valence-electron chi connectivity index (χ2n) is 6.68. The fraction of sp³-hybridized carbons (Fsp3) is 0.579. The topological polar surface area (TPSA) is 49.9 Å². The summed E-state index contributed by atoms with van der Waals surface area (Å²) < 4.78 is 5.38. The molecule has 1 fully saturated rings. The zero-order chi connectivity index (χ0) is 17.7. The van der Waals surface area contributed by atoms with Crippen LogP contribution in [0.15, 0.2) is 18.2 Å². The maximum Gasteiger partial charge on any atom is 0.224 e. The lowest BCUT2D eigenvalue weighted by molar-refractivity contribution is -0.132. The Bertz CT molecular complexity index is 600. The molecule has 1 unspecified atom stereocenters. The van der Waals surface area contributed by atoms with E-state index < -0.39 is 0 Å². The number of benzene rings is 1. The van der Waals surface area contributed by atoms with E-state index in [2.05, 4.69) is 6.92 Å². The number of carbonyl (C=O) groups is 2. The van der Waals surface area contributed by atoms with Crippen molar-refractivity contribution in [2.24, 2.45) is 5.92 Å². The second kappa shape index (κ2) is 8.18. The van der Waals surface area contributed by atoms with E-state index in [0.717, 1.165) is 30.8 Å². The summed E-state index contributed by atoms with van der Waals surface area (Å²) in [4.78, 5) is 28.2. The van der Waals surface area contributed by atoms with Crippen LogP contribution in [0.25, 0.3) is 0 Å². The molecule has 1 saturated heterocycles. The van der Waals surface area contributed by atoms with E-state index in [1.165, 1.54) is 13.3 Å². The molecule has 0 aliphatic carbocycles. The molecule has 1 atom stereocenters. The van der Waals surface area contributed by atoms with Crippen LogP contribution in [0.4, 0.5) is 5.69 Å². The van der Waals surface area contributed by atoms with Gasteiger partial charge in [-0.05, 0) is 43.4 Å². The highest BCUT2D eigenvalue weighted by Crippen LogP contribution is 2.29. The number of hydrogen-bond donors (Lipinski definition) is 0. The lowest BCUT2D eigenvalue weighted by atomic mass is 10.00. The van der Waals surface area contributed by atoms with Gasteiger partial charge in [0, 0.05) is 33.0 Å². The predicted octanol–water partition coefficient (Wildman–Crippen LogP) is 3.01. The average molecular weight is 332 g/mol. The number of carbonyl (C=O) groups excluding carboxylic acids is 2. The Morgan fingerprint density at radius 1 is 1.38 bits per heavy atom. The van der Waals surface area contributed by atoms with Crippen LogP contribution in [0.3, 0.4) is 0 Å². The van der Waals surface area contributed by atoms with Crippen LogP contribution in [-0.2, 0) is 9.59 Å². The van der Waals surface area contributed by atoms with Gasteiger partial charge < -0.3 is 14.5 Å². The summed E-state index contributed by atoms with van der Waals surface area (Å²) in [6, 6.07) is 5.73. The molecule has 1 aromatic rings. The van der Waals surface area contributed by atoms with Gasteiger partial charge in [0.2, 0.25) is 11.8 Å². The van der Waals surface area contributed by atoms with Crippen LogP contribution in [0, 0.1) is 12.8 Å². The number of methoxy groups -OCH3 is 1. The molecule has 0 aromatic heterocycles. The highest BCUT2D eigenvalue weighted by atomic mass is 16.5. The van der Waals surface area contributed by atoms with E-state index in [4.69, 9.17) is 4.74 Å². The zero-order valence-electron chi connectivity index (χ0n) is 15.2. The van der Waals surface area contributed by atoms with Gasteiger partial charge in [0.1, 0.15) is 5.75 Å². The first-order valence-electron chi connectivity index (χ1n) is 8.63. The van der Waals surface area contributed by atoms with Gasteiger partial charge in [-0.3, -0.25) is 9.59 Å². The molecule has 0 bridgehead atoms. The van der Waals surface area contributed by atoms with Crippen molar-refractivity contribution < 1.29 is 14.3 Å². The Morgan fingerprint density at radius 3 is 2.75 bits per heavy atom. The number of piperidine rings is 1. The van der Waals surface area contributed by atoms with Crippen LogP contribution in [0.5, 0.6) is 5.75 Å². The van der Waals surface area contributed by atoms with E-state index in [1.54, 1.807) is 12.0 Å². The molecule has 0 radical (unpaired) electrons. The van der Waals surface area contributed by atoms with Crippen molar-refractivity contribution in [3.63, 3.8) is 0 Å². The average Bonchev–Trinajstić information content (AvgIpc) is 2.54. The number of anilines is 1. The first-order valence-corrected chi connectivity index (χ1v) is 8.63. The van der Waals surface area contributed by atoms with E-state index in [9.17, 15) is 9.59 Å². The van der Waals surface area contributed by atoms with E-state index in [0.29, 0.717) is 24.6 Å². The number of aryl methyl sites for hydroxylation is 1. The molecule has 1 heterocycles. The summed E-state index contributed by atoms with van der Waals surface area (Å²) in [5, 5.41) is 0. The van der Waals surface area contributed by atoms with Crippen LogP contribution in [0.2, 0.25) is 0 Å². The smallest absolute Gasteiger partial charge is 0.224 e. The van der Waals surface area contributed by atoms with E-state index >= 15 is 0 Å². The summed E-state index contributed by atoms with van der Waals surface area (Å²) in [6.07, 6.45) is 2.59. The van der Waals surface area contributed by atoms with E-state index in [-0.39, 0.29) is 11.8 Å². The third kappa shape index (κ3) is 4.49. The molecule has 1 aliphatic heterocycles. The third-order valence-electron chi connectivity index (χ3n) is 4.56. The Morgan fingerprint density at radius 2 is 2.12 bits per heavy atom. The lowest BCUT2D eigenvalue weighted by Gasteiger charge is -2.32. The van der Waals surface area contributed by atoms with Gasteiger partial charge in [0.05, 0.1) is 12.8 Å². The van der Waals surface area contributed by atoms with Gasteiger partial charge in [0.25, 0.3) is 0 Å². The van der Waals surface area contributed by atoms with Crippen LogP contribution in [-0.4, -0.2) is 43.5 Å². The van der Waals surface area contributed by atoms with Crippen molar-refractivity contribution in [3.05, 3.63) is 23.8 Å². The highest BCUT2D eigenvalue weighted by molar-refractivity contribution is 5.94. The molecule has 0 spiro atoms. The molecule has 1 aromatic carbocycles. The van der Waals surface area contributed by atoms with Crippen molar-refractivity contribution in [2.75, 3.05) is 31.6 Å². The number of hydrogen-bond acceptors (Lipinski definition) is 3. The largest absolute Gasteiger partial charge is 0.495 e. The van der Waals surface area contributed by atoms with Crippen LogP contribution in [0.1, 0.15) is 38.7 Å². The molecular formula is C19H28N2O3. The monoisotopic (exact) mass is 332 g/mol. The first kappa shape index (κ1) is 18.3. The molecule has 5 nitrogen and oxygen atoms in total. The Balaban J connectivity index is 2.08. The maximum atomic E-state index is 12.5. The third-order valence-corrected chi connectivity index (χ3v) is 4.56. The summed E-state index contributed by atoms with van der Waals surface area (Å²) in [5.74, 6) is 1.25. The van der Waals surface area contributed by atoms with Crippen molar-refractivity contribution in [2.45, 2.75) is 40.0 Å². The molecular weight excluding hydrogens is 304 g/mol. The van der Waals surface area contributed by atoms with Gasteiger partial charge in [-0.25, -0.2) is 0 Å². The molecule has 1 aliphatic rings. The summed E-state index contributed by atoms with van der Waals surface area (Å²) in [6.45, 7) is 7.71. The number of ether oxygens (including phenoxy) is 1. The number of amides is 2. The molecule has 5 heteroatoms. The minimum atomic E-state index is -0.0845. The molecule has 0 N–H and O–H groups in total. The molecule has 2 amide bonds. The Hall–Kier alpha value is -2.04. The van der Waals surface area contributed by atoms with Crippen molar-refractivity contribution >= 4 is 17.5 Å². The van der Waals surface area contributed by atoms with Crippen LogP contribution >= 0.6 is 0 Å². The number of nitrogens with zero attached hydrogens (tertiary/aromatic N) is 2. The summed E-state index contributed by atoms with van der Waals surface area (Å²) in [5.41, 5.74) is 1.78. The second-order valence-corrected chi connectivity index (χ2v) is 6.68. The van der Waals surface area contributed by atoms with Gasteiger partial charge in [-0.1, -0.05) is 13.0 Å². The molecule has 24 heavy (non-hydrogen) atoms. The summed E-state index contributed by atoms with van der Waals surface area (Å²) >= 11 is 0. The lowest BCUT2D eigenvalue weighted by Crippen LogP contribution is -2.41. The fourth-order valence-electron chi connectivity index (χ4n) is 3.24. The standard InChI is InChI=1S/C19H28N2O3/c1-14-7-8-18(24-4)17(12-14)21(16(3)22)11-9-19(23)20-10-5-6-15(2)13-20/h7-8,12,15H,5-6,9-11,13H2,1-4H3. The van der Waals surface area contributed by atoms with Crippen molar-refractivity contribution in [3.8, 4) is 5.75 Å². The first-order chi connectivity index (χ1) is 11.4. The fourth-order valence-corrected chi connectivity index (χ4v) is 3.24. The van der Waals surface area contributed by atoms with E-state index in [1.807, 2.05) is 30.0 Å². The normalized spacial score (nSPS) is 17.5. The Labute approximate surface area is 144 Å². The summed E-state index contributed by atoms with van der Waals surface area (Å²) in [7, 11) is 1.59. The predicted molar refractivity (Wildman–Crippen MR) is 95.4 cm³/mol. The quantitative estimate of drug-likeness (QED) is 0.833. The molecule has 2 rings (SSSR count). The zero-order valence-corrected chi connectivity index (χ0v) is 15.2. The van der Waals surface area contributed by atoms with Gasteiger partial charge >= 0.3 is 0 Å².